The molecule has 2 aromatic rings. The molecule has 0 bridgehead atoms. The molecule has 0 aliphatic carbocycles. The van der Waals surface area contributed by atoms with Crippen LogP contribution >= 0.6 is 27.5 Å². The molecule has 0 aliphatic rings. The maximum atomic E-state index is 6.33. The minimum absolute atomic E-state index is 0.106. The third kappa shape index (κ3) is 3.59. The first-order valence-electron chi connectivity index (χ1n) is 6.82. The highest BCUT2D eigenvalue weighted by Gasteiger charge is 2.15. The molecule has 0 aliphatic heterocycles. The van der Waals surface area contributed by atoms with E-state index in [4.69, 9.17) is 22.1 Å². The first-order chi connectivity index (χ1) is 9.93. The molecule has 0 spiro atoms. The van der Waals surface area contributed by atoms with Gasteiger partial charge in [-0.3, -0.25) is 4.68 Å². The second kappa shape index (κ2) is 6.81. The Hall–Kier alpha value is -1.04. The van der Waals surface area contributed by atoms with Crippen LogP contribution in [-0.2, 0) is 20.1 Å². The molecular formula is C15H19BrClN3O. The average Bonchev–Trinajstić information content (AvgIpc) is 2.72. The number of rotatable bonds is 5. The lowest BCUT2D eigenvalue weighted by molar-refractivity contribution is 0.290. The molecule has 2 N–H and O–H groups in total. The Morgan fingerprint density at radius 1 is 1.48 bits per heavy atom. The summed E-state index contributed by atoms with van der Waals surface area (Å²) in [5.41, 5.74) is 8.71. The quantitative estimate of drug-likeness (QED) is 0.863. The third-order valence-electron chi connectivity index (χ3n) is 3.33. The van der Waals surface area contributed by atoms with E-state index in [1.54, 1.807) is 4.68 Å². The van der Waals surface area contributed by atoms with Crippen LogP contribution in [0.4, 0.5) is 0 Å². The second-order valence-electron chi connectivity index (χ2n) is 4.94. The predicted molar refractivity (Wildman–Crippen MR) is 88.7 cm³/mol. The lowest BCUT2D eigenvalue weighted by Crippen LogP contribution is -2.09. The van der Waals surface area contributed by atoms with Crippen molar-refractivity contribution < 1.29 is 4.74 Å². The molecular weight excluding hydrogens is 354 g/mol. The van der Waals surface area contributed by atoms with Gasteiger partial charge in [0.1, 0.15) is 12.4 Å². The molecule has 1 atom stereocenters. The lowest BCUT2D eigenvalue weighted by Gasteiger charge is -2.14. The molecule has 2 rings (SSSR count). The number of aryl methyl sites for hydroxylation is 2. The molecule has 4 nitrogen and oxygen atoms in total. The number of aromatic nitrogens is 2. The van der Waals surface area contributed by atoms with Crippen LogP contribution in [0.5, 0.6) is 5.75 Å². The number of hydrogen-bond donors (Lipinski definition) is 1. The van der Waals surface area contributed by atoms with Gasteiger partial charge in [-0.25, -0.2) is 0 Å². The summed E-state index contributed by atoms with van der Waals surface area (Å²) < 4.78 is 8.66. The van der Waals surface area contributed by atoms with Gasteiger partial charge in [-0.2, -0.15) is 5.10 Å². The fraction of sp³-hybridized carbons (Fsp3) is 0.400. The van der Waals surface area contributed by atoms with Crippen molar-refractivity contribution in [3.63, 3.8) is 0 Å². The topological polar surface area (TPSA) is 53.1 Å². The fourth-order valence-corrected chi connectivity index (χ4v) is 2.86. The van der Waals surface area contributed by atoms with E-state index in [1.165, 1.54) is 0 Å². The normalized spacial score (nSPS) is 12.5. The highest BCUT2D eigenvalue weighted by Crippen LogP contribution is 2.29. The monoisotopic (exact) mass is 371 g/mol. The van der Waals surface area contributed by atoms with E-state index < -0.39 is 0 Å². The van der Waals surface area contributed by atoms with Gasteiger partial charge in [0.2, 0.25) is 0 Å². The highest BCUT2D eigenvalue weighted by molar-refractivity contribution is 9.10. The SMILES string of the molecule is CCc1nn(C)c(COc2ccc(Br)cc2[C@H](C)N)c1Cl. The van der Waals surface area contributed by atoms with E-state index in [2.05, 4.69) is 21.0 Å². The number of benzene rings is 1. The fourth-order valence-electron chi connectivity index (χ4n) is 2.13. The summed E-state index contributed by atoms with van der Waals surface area (Å²) in [7, 11) is 1.87. The minimum Gasteiger partial charge on any atom is -0.487 e. The van der Waals surface area contributed by atoms with Crippen molar-refractivity contribution in [1.29, 1.82) is 0 Å². The van der Waals surface area contributed by atoms with Crippen LogP contribution in [0.1, 0.15) is 36.8 Å². The summed E-state index contributed by atoms with van der Waals surface area (Å²) in [6.07, 6.45) is 0.802. The molecule has 1 aromatic heterocycles. The molecule has 0 amide bonds. The number of nitrogens with two attached hydrogens (primary N) is 1. The Labute approximate surface area is 138 Å². The van der Waals surface area contributed by atoms with Crippen molar-refractivity contribution in [1.82, 2.24) is 9.78 Å². The number of nitrogens with zero attached hydrogens (tertiary/aromatic N) is 2. The maximum Gasteiger partial charge on any atom is 0.131 e. The summed E-state index contributed by atoms with van der Waals surface area (Å²) in [5.74, 6) is 0.767. The summed E-state index contributed by atoms with van der Waals surface area (Å²) >= 11 is 9.78. The second-order valence-corrected chi connectivity index (χ2v) is 6.24. The molecule has 0 fully saturated rings. The Morgan fingerprint density at radius 2 is 2.19 bits per heavy atom. The smallest absolute Gasteiger partial charge is 0.131 e. The van der Waals surface area contributed by atoms with Gasteiger partial charge in [-0.1, -0.05) is 34.5 Å². The van der Waals surface area contributed by atoms with Gasteiger partial charge in [-0.15, -0.1) is 0 Å². The Bertz CT molecular complexity index is 640. The minimum atomic E-state index is -0.106. The van der Waals surface area contributed by atoms with Gasteiger partial charge in [-0.05, 0) is 31.5 Å². The zero-order valence-corrected chi connectivity index (χ0v) is 14.7. The number of ether oxygens (including phenoxy) is 1. The van der Waals surface area contributed by atoms with E-state index in [0.717, 1.165) is 33.6 Å². The molecule has 0 unspecified atom stereocenters. The standard InChI is InChI=1S/C15H19BrClN3O/c1-4-12-15(17)13(20(3)19-12)8-21-14-6-5-10(16)7-11(14)9(2)18/h5-7,9H,4,8,18H2,1-3H3/t9-/m0/s1. The van der Waals surface area contributed by atoms with Crippen LogP contribution < -0.4 is 10.5 Å². The van der Waals surface area contributed by atoms with E-state index in [9.17, 15) is 0 Å². The largest absolute Gasteiger partial charge is 0.487 e. The molecule has 114 valence electrons. The van der Waals surface area contributed by atoms with Crippen molar-refractivity contribution in [3.8, 4) is 5.75 Å². The number of halogens is 2. The van der Waals surface area contributed by atoms with Gasteiger partial charge in [0.25, 0.3) is 0 Å². The first kappa shape index (κ1) is 16.3. The van der Waals surface area contributed by atoms with E-state index in [0.29, 0.717) is 11.6 Å². The third-order valence-corrected chi connectivity index (χ3v) is 4.26. The van der Waals surface area contributed by atoms with E-state index in [1.807, 2.05) is 39.1 Å². The molecule has 6 heteroatoms. The van der Waals surface area contributed by atoms with Crippen molar-refractivity contribution in [2.45, 2.75) is 32.9 Å². The van der Waals surface area contributed by atoms with Gasteiger partial charge < -0.3 is 10.5 Å². The maximum absolute atomic E-state index is 6.33. The Kier molecular flexibility index (Phi) is 5.30. The van der Waals surface area contributed by atoms with Crippen molar-refractivity contribution in [3.05, 3.63) is 44.6 Å². The van der Waals surface area contributed by atoms with Crippen LogP contribution in [0.3, 0.4) is 0 Å². The van der Waals surface area contributed by atoms with Crippen molar-refractivity contribution >= 4 is 27.5 Å². The molecule has 0 saturated carbocycles. The van der Waals surface area contributed by atoms with Gasteiger partial charge in [0.05, 0.1) is 16.4 Å². The van der Waals surface area contributed by atoms with Crippen LogP contribution in [0.25, 0.3) is 0 Å². The molecule has 21 heavy (non-hydrogen) atoms. The molecule has 0 radical (unpaired) electrons. The van der Waals surface area contributed by atoms with Crippen molar-refractivity contribution in [2.75, 3.05) is 0 Å². The summed E-state index contributed by atoms with van der Waals surface area (Å²) in [6.45, 7) is 4.33. The van der Waals surface area contributed by atoms with Gasteiger partial charge in [0.15, 0.2) is 0 Å². The Balaban J connectivity index is 2.23. The van der Waals surface area contributed by atoms with E-state index in [-0.39, 0.29) is 6.04 Å². The molecule has 0 saturated heterocycles. The zero-order valence-electron chi connectivity index (χ0n) is 12.4. The average molecular weight is 373 g/mol. The van der Waals surface area contributed by atoms with Crippen LogP contribution in [-0.4, -0.2) is 9.78 Å². The zero-order chi connectivity index (χ0) is 15.6. The lowest BCUT2D eigenvalue weighted by atomic mass is 10.1. The highest BCUT2D eigenvalue weighted by atomic mass is 79.9. The van der Waals surface area contributed by atoms with Crippen LogP contribution in [0.2, 0.25) is 5.02 Å². The first-order valence-corrected chi connectivity index (χ1v) is 7.99. The van der Waals surface area contributed by atoms with Crippen LogP contribution in [0, 0.1) is 0 Å². The molecule has 1 heterocycles. The van der Waals surface area contributed by atoms with Gasteiger partial charge in [0, 0.05) is 23.1 Å². The summed E-state index contributed by atoms with van der Waals surface area (Å²) in [5, 5.41) is 5.07. The predicted octanol–water partition coefficient (Wildman–Crippen LogP) is 4.00. The summed E-state index contributed by atoms with van der Waals surface area (Å²) in [6, 6.07) is 5.71. The van der Waals surface area contributed by atoms with Crippen molar-refractivity contribution in [2.24, 2.45) is 12.8 Å². The Morgan fingerprint density at radius 3 is 2.76 bits per heavy atom. The van der Waals surface area contributed by atoms with Gasteiger partial charge >= 0.3 is 0 Å². The summed E-state index contributed by atoms with van der Waals surface area (Å²) in [4.78, 5) is 0. The van der Waals surface area contributed by atoms with E-state index >= 15 is 0 Å². The number of hydrogen-bond acceptors (Lipinski definition) is 3. The molecule has 1 aromatic carbocycles. The van der Waals surface area contributed by atoms with Crippen LogP contribution in [0.15, 0.2) is 22.7 Å².